The van der Waals surface area contributed by atoms with Gasteiger partial charge in [0, 0.05) is 25.9 Å². The van der Waals surface area contributed by atoms with Crippen LogP contribution in [0.3, 0.4) is 0 Å². The largest absolute Gasteiger partial charge is 0.402 e. The Bertz CT molecular complexity index is 1010. The number of ether oxygens (including phenoxy) is 3. The van der Waals surface area contributed by atoms with E-state index in [1.807, 2.05) is 12.1 Å². The van der Waals surface area contributed by atoms with Crippen molar-refractivity contribution < 1.29 is 23.5 Å². The van der Waals surface area contributed by atoms with E-state index in [1.54, 1.807) is 0 Å². The Labute approximate surface area is 236 Å². The third-order valence-corrected chi connectivity index (χ3v) is 14.3. The third kappa shape index (κ3) is 5.52. The fourth-order valence-electron chi connectivity index (χ4n) is 6.90. The predicted octanol–water partition coefficient (Wildman–Crippen LogP) is 4.56. The zero-order chi connectivity index (χ0) is 27.7. The molecule has 214 valence electrons. The fourth-order valence-corrected chi connectivity index (χ4v) is 11.6. The predicted molar refractivity (Wildman–Crippen MR) is 157 cm³/mol. The summed E-state index contributed by atoms with van der Waals surface area (Å²) in [6, 6.07) is 21.7. The number of rotatable bonds is 11. The van der Waals surface area contributed by atoms with Gasteiger partial charge >= 0.3 is 0 Å². The van der Waals surface area contributed by atoms with E-state index < -0.39 is 8.32 Å². The minimum Gasteiger partial charge on any atom is -0.402 e. The highest BCUT2D eigenvalue weighted by molar-refractivity contribution is 6.99. The molecule has 0 N–H and O–H groups in total. The van der Waals surface area contributed by atoms with Crippen LogP contribution >= 0.6 is 0 Å². The molecule has 0 spiro atoms. The van der Waals surface area contributed by atoms with Gasteiger partial charge in [-0.15, -0.1) is 0 Å². The van der Waals surface area contributed by atoms with Gasteiger partial charge in [-0.2, -0.15) is 5.06 Å². The highest BCUT2D eigenvalue weighted by atomic mass is 28.4. The molecule has 0 radical (unpaired) electrons. The lowest BCUT2D eigenvalue weighted by molar-refractivity contribution is -0.185. The van der Waals surface area contributed by atoms with Crippen LogP contribution in [-0.2, 0) is 23.5 Å². The Hall–Kier alpha value is -1.58. The summed E-state index contributed by atoms with van der Waals surface area (Å²) in [7, 11) is -0.672. The smallest absolute Gasteiger partial charge is 0.261 e. The van der Waals surface area contributed by atoms with Gasteiger partial charge < -0.3 is 18.6 Å². The summed E-state index contributed by atoms with van der Waals surface area (Å²) in [5.41, 5.74) is -0.172. The molecule has 0 aromatic heterocycles. The minimum atomic E-state index is -2.69. The molecule has 2 aromatic carbocycles. The van der Waals surface area contributed by atoms with Crippen molar-refractivity contribution in [3.05, 3.63) is 60.7 Å². The maximum absolute atomic E-state index is 7.50. The van der Waals surface area contributed by atoms with Crippen molar-refractivity contribution in [2.45, 2.75) is 88.9 Å². The SMILES string of the molecule is CC[C@H]1C[C@H](O[Si](c2ccccc2)(c2ccccc2)C(C)(C)C)[C@@H](CON(C)C[C@H]2[C@@H]3CO[C@@]2(CC)CO3)O1. The number of hydrogen-bond acceptors (Lipinski definition) is 6. The van der Waals surface area contributed by atoms with Crippen molar-refractivity contribution >= 4 is 18.7 Å². The molecular formula is C32H47NO5Si. The maximum Gasteiger partial charge on any atom is 0.261 e. The number of hydrogen-bond donors (Lipinski definition) is 0. The maximum atomic E-state index is 7.50. The molecule has 3 heterocycles. The quantitative estimate of drug-likeness (QED) is 0.301. The zero-order valence-electron chi connectivity index (χ0n) is 24.6. The second-order valence-corrected chi connectivity index (χ2v) is 16.8. The molecule has 0 amide bonds. The molecule has 2 aromatic rings. The van der Waals surface area contributed by atoms with Crippen molar-refractivity contribution in [2.75, 3.05) is 33.4 Å². The van der Waals surface area contributed by atoms with Gasteiger partial charge in [-0.1, -0.05) is 95.3 Å². The molecular weight excluding hydrogens is 506 g/mol. The first-order valence-electron chi connectivity index (χ1n) is 14.8. The van der Waals surface area contributed by atoms with Crippen molar-refractivity contribution in [3.8, 4) is 0 Å². The second-order valence-electron chi connectivity index (χ2n) is 12.6. The average Bonchev–Trinajstić information content (AvgIpc) is 3.61. The Morgan fingerprint density at radius 1 is 1.00 bits per heavy atom. The van der Waals surface area contributed by atoms with Gasteiger partial charge in [0.15, 0.2) is 0 Å². The van der Waals surface area contributed by atoms with Crippen LogP contribution in [0.25, 0.3) is 0 Å². The van der Waals surface area contributed by atoms with E-state index in [1.165, 1.54) is 10.4 Å². The number of benzene rings is 2. The Kier molecular flexibility index (Phi) is 8.70. The van der Waals surface area contributed by atoms with E-state index in [0.717, 1.165) is 25.8 Å². The van der Waals surface area contributed by atoms with Crippen LogP contribution < -0.4 is 10.4 Å². The van der Waals surface area contributed by atoms with Gasteiger partial charge in [-0.25, -0.2) is 0 Å². The highest BCUT2D eigenvalue weighted by Crippen LogP contribution is 2.44. The summed E-state index contributed by atoms with van der Waals surface area (Å²) in [5.74, 6) is 0.324. The van der Waals surface area contributed by atoms with E-state index >= 15 is 0 Å². The molecule has 5 rings (SSSR count). The number of fused-ring (bicyclic) bond motifs is 2. The third-order valence-electron chi connectivity index (χ3n) is 9.19. The lowest BCUT2D eigenvalue weighted by Gasteiger charge is -2.45. The summed E-state index contributed by atoms with van der Waals surface area (Å²) in [6.45, 7) is 14.0. The van der Waals surface area contributed by atoms with Crippen LogP contribution in [0, 0.1) is 5.92 Å². The van der Waals surface area contributed by atoms with Gasteiger partial charge in [0.05, 0.1) is 43.7 Å². The van der Waals surface area contributed by atoms with Gasteiger partial charge in [0.1, 0.15) is 6.10 Å². The molecule has 3 fully saturated rings. The Morgan fingerprint density at radius 2 is 1.64 bits per heavy atom. The molecule has 3 aliphatic heterocycles. The first kappa shape index (κ1) is 28.9. The van der Waals surface area contributed by atoms with Crippen molar-refractivity contribution in [1.29, 1.82) is 0 Å². The average molecular weight is 554 g/mol. The van der Waals surface area contributed by atoms with Crippen LogP contribution in [0.2, 0.25) is 5.04 Å². The summed E-state index contributed by atoms with van der Waals surface area (Å²) in [5, 5.41) is 4.47. The molecule has 6 atom stereocenters. The van der Waals surface area contributed by atoms with Gasteiger partial charge in [-0.3, -0.25) is 4.84 Å². The molecule has 6 nitrogen and oxygen atoms in total. The van der Waals surface area contributed by atoms with Gasteiger partial charge in [0.25, 0.3) is 8.32 Å². The molecule has 0 aliphatic carbocycles. The number of nitrogens with zero attached hydrogens (tertiary/aromatic N) is 1. The lowest BCUT2D eigenvalue weighted by Crippen LogP contribution is -2.68. The highest BCUT2D eigenvalue weighted by Gasteiger charge is 2.56. The van der Waals surface area contributed by atoms with Crippen molar-refractivity contribution in [2.24, 2.45) is 5.92 Å². The van der Waals surface area contributed by atoms with Gasteiger partial charge in [0.2, 0.25) is 0 Å². The van der Waals surface area contributed by atoms with E-state index in [2.05, 4.69) is 95.3 Å². The van der Waals surface area contributed by atoms with E-state index in [0.29, 0.717) is 25.7 Å². The second kappa shape index (κ2) is 11.7. The summed E-state index contributed by atoms with van der Waals surface area (Å²) in [4.78, 5) is 6.37. The summed E-state index contributed by atoms with van der Waals surface area (Å²) >= 11 is 0. The van der Waals surface area contributed by atoms with Crippen LogP contribution in [0.1, 0.15) is 53.9 Å². The van der Waals surface area contributed by atoms with E-state index in [-0.39, 0.29) is 35.1 Å². The monoisotopic (exact) mass is 553 g/mol. The molecule has 39 heavy (non-hydrogen) atoms. The summed E-state index contributed by atoms with van der Waals surface area (Å²) in [6.07, 6.45) is 2.95. The molecule has 3 saturated heterocycles. The molecule has 0 saturated carbocycles. The zero-order valence-corrected chi connectivity index (χ0v) is 25.6. The molecule has 7 heteroatoms. The molecule has 3 aliphatic rings. The van der Waals surface area contributed by atoms with Crippen molar-refractivity contribution in [3.63, 3.8) is 0 Å². The normalized spacial score (nSPS) is 30.9. The van der Waals surface area contributed by atoms with Gasteiger partial charge in [-0.05, 0) is 28.3 Å². The van der Waals surface area contributed by atoms with Crippen LogP contribution in [0.15, 0.2) is 60.7 Å². The summed E-state index contributed by atoms with van der Waals surface area (Å²) < 4.78 is 26.2. The van der Waals surface area contributed by atoms with Crippen LogP contribution in [-0.4, -0.2) is 76.8 Å². The first-order valence-corrected chi connectivity index (χ1v) is 16.7. The Morgan fingerprint density at radius 3 is 2.15 bits per heavy atom. The lowest BCUT2D eigenvalue weighted by atomic mass is 9.87. The topological polar surface area (TPSA) is 49.4 Å². The standard InChI is InChI=1S/C32H47NO5Si/c1-7-24-19-28(30(37-24)22-36-33(6)20-27-29-21-35-32(27,8-2)23-34-29)38-39(31(3,4)5,25-15-11-9-12-16-25)26-17-13-10-14-18-26/h9-18,24,27-30H,7-8,19-23H2,1-6H3/t24-,27-,28-,29-,30+,32-/m0/s1. The molecule has 2 bridgehead atoms. The van der Waals surface area contributed by atoms with Crippen LogP contribution in [0.5, 0.6) is 0 Å². The molecule has 0 unspecified atom stereocenters. The van der Waals surface area contributed by atoms with E-state index in [9.17, 15) is 0 Å². The van der Waals surface area contributed by atoms with Crippen molar-refractivity contribution in [1.82, 2.24) is 5.06 Å². The fraction of sp³-hybridized carbons (Fsp3) is 0.625. The minimum absolute atomic E-state index is 0.0500. The van der Waals surface area contributed by atoms with E-state index in [4.69, 9.17) is 23.5 Å². The number of hydroxylamine groups is 2. The Balaban J connectivity index is 1.36. The first-order chi connectivity index (χ1) is 18.7. The van der Waals surface area contributed by atoms with Crippen LogP contribution in [0.4, 0.5) is 0 Å².